The molecule has 4 nitrogen and oxygen atoms in total. The Morgan fingerprint density at radius 1 is 1.40 bits per heavy atom. The molecule has 0 aromatic rings. The number of unbranched alkanes of at least 4 members (excludes halogenated alkanes) is 2. The first-order valence-electron chi connectivity index (χ1n) is 5.84. The van der Waals surface area contributed by atoms with Crippen molar-refractivity contribution >= 4 is 5.91 Å². The number of rotatable bonds is 8. The summed E-state index contributed by atoms with van der Waals surface area (Å²) in [6, 6.07) is 0. The summed E-state index contributed by atoms with van der Waals surface area (Å²) in [6.45, 7) is 4.06. The molecule has 0 aliphatic heterocycles. The molecule has 0 rings (SSSR count). The summed E-state index contributed by atoms with van der Waals surface area (Å²) in [6.07, 6.45) is 4.95. The highest BCUT2D eigenvalue weighted by molar-refractivity contribution is 5.77. The molecule has 0 bridgehead atoms. The minimum atomic E-state index is -0.376. The third kappa shape index (κ3) is 6.47. The first-order chi connectivity index (χ1) is 7.15. The second-order valence-corrected chi connectivity index (χ2v) is 4.00. The SMILES string of the molecule is CCCCC[C@H](O)C[C@H](CC)C(=O)NN. The van der Waals surface area contributed by atoms with Gasteiger partial charge in [0.15, 0.2) is 0 Å². The molecule has 4 heteroatoms. The lowest BCUT2D eigenvalue weighted by molar-refractivity contribution is -0.126. The van der Waals surface area contributed by atoms with Gasteiger partial charge in [0.2, 0.25) is 5.91 Å². The van der Waals surface area contributed by atoms with Crippen molar-refractivity contribution in [2.24, 2.45) is 11.8 Å². The number of aliphatic hydroxyl groups is 1. The second-order valence-electron chi connectivity index (χ2n) is 4.00. The van der Waals surface area contributed by atoms with Crippen molar-refractivity contribution in [3.63, 3.8) is 0 Å². The monoisotopic (exact) mass is 216 g/mol. The van der Waals surface area contributed by atoms with Crippen molar-refractivity contribution in [2.45, 2.75) is 58.5 Å². The Morgan fingerprint density at radius 2 is 2.07 bits per heavy atom. The average molecular weight is 216 g/mol. The van der Waals surface area contributed by atoms with E-state index in [4.69, 9.17) is 5.84 Å². The third-order valence-electron chi connectivity index (χ3n) is 2.70. The zero-order valence-electron chi connectivity index (χ0n) is 9.83. The first-order valence-corrected chi connectivity index (χ1v) is 5.84. The highest BCUT2D eigenvalue weighted by atomic mass is 16.3. The van der Waals surface area contributed by atoms with E-state index in [9.17, 15) is 9.90 Å². The van der Waals surface area contributed by atoms with E-state index in [1.54, 1.807) is 0 Å². The number of nitrogens with two attached hydrogens (primary N) is 1. The van der Waals surface area contributed by atoms with Gasteiger partial charge in [-0.15, -0.1) is 0 Å². The predicted octanol–water partition coefficient (Wildman–Crippen LogP) is 1.33. The van der Waals surface area contributed by atoms with E-state index in [0.29, 0.717) is 12.8 Å². The molecular formula is C11H24N2O2. The fraction of sp³-hybridized carbons (Fsp3) is 0.909. The maximum Gasteiger partial charge on any atom is 0.237 e. The summed E-state index contributed by atoms with van der Waals surface area (Å²) in [5.41, 5.74) is 2.14. The van der Waals surface area contributed by atoms with Crippen LogP contribution in [0.4, 0.5) is 0 Å². The van der Waals surface area contributed by atoms with Crippen LogP contribution in [0, 0.1) is 5.92 Å². The van der Waals surface area contributed by atoms with Crippen molar-refractivity contribution in [1.29, 1.82) is 0 Å². The second kappa shape index (κ2) is 8.68. The molecule has 15 heavy (non-hydrogen) atoms. The molecule has 0 aliphatic carbocycles. The lowest BCUT2D eigenvalue weighted by Crippen LogP contribution is -2.37. The maximum atomic E-state index is 11.3. The molecule has 0 spiro atoms. The average Bonchev–Trinajstić information content (AvgIpc) is 2.25. The van der Waals surface area contributed by atoms with Crippen LogP contribution >= 0.6 is 0 Å². The standard InChI is InChI=1S/C11H24N2O2/c1-3-5-6-7-10(14)8-9(4-2)11(15)13-12/h9-10,14H,3-8,12H2,1-2H3,(H,13,15)/t9-,10-/m0/s1. The molecule has 0 aromatic carbocycles. The topological polar surface area (TPSA) is 75.3 Å². The van der Waals surface area contributed by atoms with Gasteiger partial charge in [0.1, 0.15) is 0 Å². The largest absolute Gasteiger partial charge is 0.393 e. The van der Waals surface area contributed by atoms with Gasteiger partial charge in [0.05, 0.1) is 6.10 Å². The number of amides is 1. The number of hydrogen-bond acceptors (Lipinski definition) is 3. The smallest absolute Gasteiger partial charge is 0.237 e. The summed E-state index contributed by atoms with van der Waals surface area (Å²) >= 11 is 0. The maximum absolute atomic E-state index is 11.3. The van der Waals surface area contributed by atoms with Gasteiger partial charge < -0.3 is 5.11 Å². The molecule has 90 valence electrons. The highest BCUT2D eigenvalue weighted by Gasteiger charge is 2.19. The van der Waals surface area contributed by atoms with Crippen LogP contribution in [-0.4, -0.2) is 17.1 Å². The lowest BCUT2D eigenvalue weighted by Gasteiger charge is -2.17. The van der Waals surface area contributed by atoms with Crippen molar-refractivity contribution in [3.05, 3.63) is 0 Å². The predicted molar refractivity (Wildman–Crippen MR) is 60.9 cm³/mol. The summed E-state index contributed by atoms with van der Waals surface area (Å²) < 4.78 is 0. The van der Waals surface area contributed by atoms with Gasteiger partial charge in [-0.25, -0.2) is 5.84 Å². The Kier molecular flexibility index (Phi) is 8.33. The van der Waals surface area contributed by atoms with Crippen molar-refractivity contribution in [2.75, 3.05) is 0 Å². The minimum absolute atomic E-state index is 0.161. The van der Waals surface area contributed by atoms with Crippen LogP contribution in [-0.2, 0) is 4.79 Å². The van der Waals surface area contributed by atoms with Crippen LogP contribution in [0.25, 0.3) is 0 Å². The Hall–Kier alpha value is -0.610. The summed E-state index contributed by atoms with van der Waals surface area (Å²) in [4.78, 5) is 11.3. The van der Waals surface area contributed by atoms with Gasteiger partial charge in [-0.2, -0.15) is 0 Å². The molecule has 0 radical (unpaired) electrons. The number of carbonyl (C=O) groups excluding carboxylic acids is 1. The van der Waals surface area contributed by atoms with Gasteiger partial charge in [-0.1, -0.05) is 33.1 Å². The highest BCUT2D eigenvalue weighted by Crippen LogP contribution is 2.15. The van der Waals surface area contributed by atoms with Gasteiger partial charge in [-0.3, -0.25) is 10.2 Å². The van der Waals surface area contributed by atoms with Crippen molar-refractivity contribution in [1.82, 2.24) is 5.43 Å². The fourth-order valence-corrected chi connectivity index (χ4v) is 1.65. The quantitative estimate of drug-likeness (QED) is 0.248. The van der Waals surface area contributed by atoms with E-state index in [2.05, 4.69) is 12.3 Å². The lowest BCUT2D eigenvalue weighted by atomic mass is 9.95. The Balaban J connectivity index is 3.80. The van der Waals surface area contributed by atoms with Gasteiger partial charge in [-0.05, 0) is 19.3 Å². The van der Waals surface area contributed by atoms with Gasteiger partial charge in [0.25, 0.3) is 0 Å². The normalized spacial score (nSPS) is 14.7. The van der Waals surface area contributed by atoms with E-state index in [0.717, 1.165) is 25.7 Å². The van der Waals surface area contributed by atoms with E-state index in [-0.39, 0.29) is 17.9 Å². The zero-order valence-corrected chi connectivity index (χ0v) is 9.83. The van der Waals surface area contributed by atoms with Crippen LogP contribution in [0.15, 0.2) is 0 Å². The van der Waals surface area contributed by atoms with E-state index in [1.165, 1.54) is 0 Å². The van der Waals surface area contributed by atoms with Gasteiger partial charge in [0, 0.05) is 5.92 Å². The number of nitrogens with one attached hydrogen (secondary N) is 1. The van der Waals surface area contributed by atoms with Crippen LogP contribution in [0.3, 0.4) is 0 Å². The van der Waals surface area contributed by atoms with Crippen LogP contribution < -0.4 is 11.3 Å². The molecule has 0 heterocycles. The molecule has 0 fully saturated rings. The summed E-state index contributed by atoms with van der Waals surface area (Å²) in [5.74, 6) is 4.73. The van der Waals surface area contributed by atoms with Crippen LogP contribution in [0.1, 0.15) is 52.4 Å². The summed E-state index contributed by atoms with van der Waals surface area (Å²) in [5, 5.41) is 9.70. The number of aliphatic hydroxyl groups excluding tert-OH is 1. The number of hydrogen-bond donors (Lipinski definition) is 3. The van der Waals surface area contributed by atoms with Crippen LogP contribution in [0.5, 0.6) is 0 Å². The molecular weight excluding hydrogens is 192 g/mol. The summed E-state index contributed by atoms with van der Waals surface area (Å²) in [7, 11) is 0. The Morgan fingerprint density at radius 3 is 2.53 bits per heavy atom. The Bertz CT molecular complexity index is 174. The zero-order chi connectivity index (χ0) is 11.7. The third-order valence-corrected chi connectivity index (χ3v) is 2.70. The molecule has 4 N–H and O–H groups in total. The molecule has 0 unspecified atom stereocenters. The number of hydrazine groups is 1. The number of carbonyl (C=O) groups is 1. The van der Waals surface area contributed by atoms with Crippen LogP contribution in [0.2, 0.25) is 0 Å². The van der Waals surface area contributed by atoms with E-state index >= 15 is 0 Å². The van der Waals surface area contributed by atoms with E-state index < -0.39 is 0 Å². The van der Waals surface area contributed by atoms with Gasteiger partial charge >= 0.3 is 0 Å². The van der Waals surface area contributed by atoms with Crippen molar-refractivity contribution in [3.8, 4) is 0 Å². The molecule has 2 atom stereocenters. The molecule has 0 saturated heterocycles. The van der Waals surface area contributed by atoms with Crippen molar-refractivity contribution < 1.29 is 9.90 Å². The molecule has 1 amide bonds. The first kappa shape index (κ1) is 14.4. The fourth-order valence-electron chi connectivity index (χ4n) is 1.65. The molecule has 0 saturated carbocycles. The molecule has 0 aliphatic rings. The minimum Gasteiger partial charge on any atom is -0.393 e. The molecule has 0 aromatic heterocycles. The Labute approximate surface area is 92.2 Å². The van der Waals surface area contributed by atoms with E-state index in [1.807, 2.05) is 6.92 Å².